The highest BCUT2D eigenvalue weighted by Gasteiger charge is 2.33. The molecule has 12 heteroatoms. The Morgan fingerprint density at radius 1 is 0.688 bits per heavy atom. The standard InChI is InChI=1S/C20H26O10S2/c1-19(2,3)10-7-12(21)17(31(24,25)26)13(8-10)30-14-9-11(20(4,5)6)15(22)16(23)18(14)32(27,28)29/h7-9,21-23H,1-6H3,(H,24,25,26)(H,27,28,29). The number of phenols is 3. The highest BCUT2D eigenvalue weighted by molar-refractivity contribution is 7.86. The number of rotatable bonds is 4. The molecule has 0 saturated carbocycles. The summed E-state index contributed by atoms with van der Waals surface area (Å²) >= 11 is 0. The second kappa shape index (κ2) is 7.80. The summed E-state index contributed by atoms with van der Waals surface area (Å²) in [7, 11) is -10.2. The molecule has 2 aromatic carbocycles. The number of hydrogen-bond donors (Lipinski definition) is 5. The largest absolute Gasteiger partial charge is 0.506 e. The van der Waals surface area contributed by atoms with E-state index in [1.165, 1.54) is 0 Å². The molecule has 2 aromatic rings. The Hall–Kier alpha value is -2.54. The van der Waals surface area contributed by atoms with Crippen molar-refractivity contribution in [2.24, 2.45) is 0 Å². The van der Waals surface area contributed by atoms with Gasteiger partial charge in [0.05, 0.1) is 0 Å². The van der Waals surface area contributed by atoms with Crippen molar-refractivity contribution in [3.8, 4) is 28.7 Å². The van der Waals surface area contributed by atoms with Crippen LogP contribution in [-0.2, 0) is 31.1 Å². The van der Waals surface area contributed by atoms with E-state index >= 15 is 0 Å². The monoisotopic (exact) mass is 490 g/mol. The van der Waals surface area contributed by atoms with Gasteiger partial charge in [0, 0.05) is 5.56 Å². The smallest absolute Gasteiger partial charge is 0.302 e. The van der Waals surface area contributed by atoms with Gasteiger partial charge in [0.1, 0.15) is 5.75 Å². The lowest BCUT2D eigenvalue weighted by Crippen LogP contribution is -2.14. The van der Waals surface area contributed by atoms with Crippen molar-refractivity contribution in [2.75, 3.05) is 0 Å². The van der Waals surface area contributed by atoms with Gasteiger partial charge in [0.25, 0.3) is 0 Å². The van der Waals surface area contributed by atoms with Crippen LogP contribution in [0, 0.1) is 0 Å². The molecule has 178 valence electrons. The molecular formula is C20H26O10S2. The molecule has 0 spiro atoms. The molecule has 0 aromatic heterocycles. The zero-order chi connectivity index (χ0) is 25.0. The van der Waals surface area contributed by atoms with Crippen molar-refractivity contribution in [1.82, 2.24) is 0 Å². The molecule has 32 heavy (non-hydrogen) atoms. The summed E-state index contributed by atoms with van der Waals surface area (Å²) in [5, 5.41) is 30.9. The number of aromatic hydroxyl groups is 3. The second-order valence-electron chi connectivity index (χ2n) is 9.32. The van der Waals surface area contributed by atoms with Crippen molar-refractivity contribution in [3.05, 3.63) is 29.3 Å². The number of phenolic OH excluding ortho intramolecular Hbond substituents is 3. The van der Waals surface area contributed by atoms with Crippen LogP contribution in [0.4, 0.5) is 0 Å². The van der Waals surface area contributed by atoms with Crippen molar-refractivity contribution in [2.45, 2.75) is 62.2 Å². The molecule has 0 bridgehead atoms. The highest BCUT2D eigenvalue weighted by atomic mass is 32.2. The van der Waals surface area contributed by atoms with Crippen LogP contribution in [0.1, 0.15) is 52.7 Å². The number of ether oxygens (including phenoxy) is 1. The van der Waals surface area contributed by atoms with Crippen LogP contribution in [0.15, 0.2) is 28.0 Å². The van der Waals surface area contributed by atoms with Crippen LogP contribution in [0.5, 0.6) is 28.7 Å². The molecule has 0 aliphatic rings. The molecule has 5 N–H and O–H groups in total. The van der Waals surface area contributed by atoms with E-state index < -0.39 is 69.6 Å². The summed E-state index contributed by atoms with van der Waals surface area (Å²) in [6, 6.07) is 3.28. The van der Waals surface area contributed by atoms with Gasteiger partial charge in [-0.3, -0.25) is 9.11 Å². The molecule has 0 amide bonds. The molecule has 0 unspecified atom stereocenters. The Kier molecular flexibility index (Phi) is 6.27. The SMILES string of the molecule is CC(C)(C)c1cc(O)c(S(=O)(=O)O)c(Oc2cc(C(C)(C)C)c(O)c(O)c2S(=O)(=O)O)c1. The van der Waals surface area contributed by atoms with Crippen LogP contribution >= 0.6 is 0 Å². The number of benzene rings is 2. The minimum atomic E-state index is -5.18. The fourth-order valence-electron chi connectivity index (χ4n) is 2.99. The summed E-state index contributed by atoms with van der Waals surface area (Å²) in [5.74, 6) is -4.28. The van der Waals surface area contributed by atoms with Crippen LogP contribution in [0.25, 0.3) is 0 Å². The summed E-state index contributed by atoms with van der Waals surface area (Å²) in [5.41, 5.74) is -1.10. The minimum absolute atomic E-state index is 0.0157. The van der Waals surface area contributed by atoms with Gasteiger partial charge in [-0.1, -0.05) is 41.5 Å². The van der Waals surface area contributed by atoms with Gasteiger partial charge in [0.15, 0.2) is 32.8 Å². The van der Waals surface area contributed by atoms with Crippen molar-refractivity contribution < 1.29 is 46.0 Å². The molecule has 0 heterocycles. The summed E-state index contributed by atoms with van der Waals surface area (Å²) in [4.78, 5) is -2.26. The highest BCUT2D eigenvalue weighted by Crippen LogP contribution is 2.48. The van der Waals surface area contributed by atoms with Crippen LogP contribution in [0.3, 0.4) is 0 Å². The van der Waals surface area contributed by atoms with E-state index in [-0.39, 0.29) is 5.56 Å². The molecule has 0 radical (unpaired) electrons. The third kappa shape index (κ3) is 5.09. The van der Waals surface area contributed by atoms with E-state index in [1.807, 2.05) is 0 Å². The Balaban J connectivity index is 2.98. The fraction of sp³-hybridized carbons (Fsp3) is 0.400. The number of hydrogen-bond acceptors (Lipinski definition) is 8. The van der Waals surface area contributed by atoms with Crippen molar-refractivity contribution in [3.63, 3.8) is 0 Å². The molecule has 0 aliphatic carbocycles. The first-order valence-electron chi connectivity index (χ1n) is 9.25. The molecule has 0 aliphatic heterocycles. The molecular weight excluding hydrogens is 464 g/mol. The van der Waals surface area contributed by atoms with E-state index in [0.29, 0.717) is 5.56 Å². The molecule has 0 atom stereocenters. The van der Waals surface area contributed by atoms with Crippen LogP contribution in [-0.4, -0.2) is 41.3 Å². The van der Waals surface area contributed by atoms with E-state index in [0.717, 1.165) is 18.2 Å². The predicted molar refractivity (Wildman–Crippen MR) is 115 cm³/mol. The first kappa shape index (κ1) is 25.7. The van der Waals surface area contributed by atoms with E-state index in [1.54, 1.807) is 41.5 Å². The first-order valence-corrected chi connectivity index (χ1v) is 12.1. The fourth-order valence-corrected chi connectivity index (χ4v) is 4.36. The quantitative estimate of drug-likeness (QED) is 0.313. The lowest BCUT2D eigenvalue weighted by Gasteiger charge is -2.24. The predicted octanol–water partition coefficient (Wildman–Crippen LogP) is 3.68. The average Bonchev–Trinajstić information content (AvgIpc) is 2.53. The third-order valence-corrected chi connectivity index (χ3v) is 6.48. The molecule has 2 rings (SSSR count). The minimum Gasteiger partial charge on any atom is -0.506 e. The van der Waals surface area contributed by atoms with Crippen LogP contribution < -0.4 is 4.74 Å². The van der Waals surface area contributed by atoms with Gasteiger partial charge in [-0.25, -0.2) is 0 Å². The van der Waals surface area contributed by atoms with Gasteiger partial charge in [0.2, 0.25) is 0 Å². The first-order chi connectivity index (χ1) is 14.2. The van der Waals surface area contributed by atoms with Crippen LogP contribution in [0.2, 0.25) is 0 Å². The van der Waals surface area contributed by atoms with Crippen molar-refractivity contribution >= 4 is 20.2 Å². The lowest BCUT2D eigenvalue weighted by atomic mass is 9.86. The summed E-state index contributed by atoms with van der Waals surface area (Å²) in [6.45, 7) is 10.1. The lowest BCUT2D eigenvalue weighted by molar-refractivity contribution is 0.360. The third-order valence-electron chi connectivity index (χ3n) is 4.64. The van der Waals surface area contributed by atoms with Gasteiger partial charge in [-0.05, 0) is 34.6 Å². The Labute approximate surface area is 186 Å². The maximum atomic E-state index is 11.9. The average molecular weight is 491 g/mol. The zero-order valence-electron chi connectivity index (χ0n) is 18.3. The summed E-state index contributed by atoms with van der Waals surface area (Å²) < 4.78 is 72.4. The topological polar surface area (TPSA) is 179 Å². The zero-order valence-corrected chi connectivity index (χ0v) is 20.0. The maximum absolute atomic E-state index is 11.9. The van der Waals surface area contributed by atoms with Crippen molar-refractivity contribution in [1.29, 1.82) is 0 Å². The molecule has 0 saturated heterocycles. The molecule has 0 fully saturated rings. The maximum Gasteiger partial charge on any atom is 0.302 e. The normalized spacial score (nSPS) is 13.2. The Morgan fingerprint density at radius 2 is 1.16 bits per heavy atom. The Morgan fingerprint density at radius 3 is 1.56 bits per heavy atom. The van der Waals surface area contributed by atoms with Gasteiger partial charge in [-0.2, -0.15) is 16.8 Å². The van der Waals surface area contributed by atoms with Gasteiger partial charge in [-0.15, -0.1) is 0 Å². The second-order valence-corrected chi connectivity index (χ2v) is 12.0. The van der Waals surface area contributed by atoms with Gasteiger partial charge < -0.3 is 20.1 Å². The van der Waals surface area contributed by atoms with E-state index in [9.17, 15) is 41.3 Å². The Bertz CT molecular complexity index is 1280. The van der Waals surface area contributed by atoms with E-state index in [4.69, 9.17) is 4.74 Å². The van der Waals surface area contributed by atoms with E-state index in [2.05, 4.69) is 0 Å². The summed E-state index contributed by atoms with van der Waals surface area (Å²) in [6.07, 6.45) is 0. The molecule has 10 nitrogen and oxygen atoms in total. The van der Waals surface area contributed by atoms with Gasteiger partial charge >= 0.3 is 20.2 Å².